The highest BCUT2D eigenvalue weighted by Gasteiger charge is 2.56. The zero-order valence-electron chi connectivity index (χ0n) is 24.1. The Labute approximate surface area is 247 Å². The Morgan fingerprint density at radius 1 is 1.07 bits per heavy atom. The third-order valence-corrected chi connectivity index (χ3v) is 9.87. The first-order valence-corrected chi connectivity index (χ1v) is 15.8. The summed E-state index contributed by atoms with van der Waals surface area (Å²) in [6.07, 6.45) is -2.69. The number of nitrogens with one attached hydrogen (secondary N) is 1. The highest BCUT2D eigenvalue weighted by molar-refractivity contribution is 7.89. The van der Waals surface area contributed by atoms with Crippen LogP contribution in [0.15, 0.2) is 59.5 Å². The molecule has 1 amide bonds. The van der Waals surface area contributed by atoms with Crippen LogP contribution in [-0.2, 0) is 35.4 Å². The SMILES string of the molecule is COc1ccc(S(=O)(=O)N(CC(C)C)CC(O)C(Cc2ccccc2)NC(=O)OC2COC3OC4COCC4C23)cc1. The van der Waals surface area contributed by atoms with Crippen LogP contribution in [0.3, 0.4) is 0 Å². The van der Waals surface area contributed by atoms with Gasteiger partial charge in [0.2, 0.25) is 10.0 Å². The number of aliphatic hydroxyl groups is 1. The van der Waals surface area contributed by atoms with Crippen LogP contribution in [0, 0.1) is 17.8 Å². The molecule has 11 nitrogen and oxygen atoms in total. The Bertz CT molecular complexity index is 1290. The quantitative estimate of drug-likeness (QED) is 0.375. The number of fused-ring (bicyclic) bond motifs is 3. The number of rotatable bonds is 12. The molecule has 2 aromatic carbocycles. The van der Waals surface area contributed by atoms with Gasteiger partial charge >= 0.3 is 6.09 Å². The molecular formula is C30H40N2O9S. The van der Waals surface area contributed by atoms with E-state index in [-0.39, 0.29) is 54.9 Å². The van der Waals surface area contributed by atoms with Gasteiger partial charge in [-0.3, -0.25) is 0 Å². The van der Waals surface area contributed by atoms with Crippen LogP contribution < -0.4 is 10.1 Å². The number of carbonyl (C=O) groups excluding carboxylic acids is 1. The molecule has 0 bridgehead atoms. The van der Waals surface area contributed by atoms with Gasteiger partial charge < -0.3 is 34.1 Å². The number of methoxy groups -OCH3 is 1. The third-order valence-electron chi connectivity index (χ3n) is 8.02. The van der Waals surface area contributed by atoms with Crippen molar-refractivity contribution in [2.45, 2.75) is 55.8 Å². The van der Waals surface area contributed by atoms with Crippen LogP contribution in [0.2, 0.25) is 0 Å². The predicted octanol–water partition coefficient (Wildman–Crippen LogP) is 2.43. The van der Waals surface area contributed by atoms with Gasteiger partial charge in [-0.15, -0.1) is 0 Å². The Hall–Kier alpha value is -2.74. The summed E-state index contributed by atoms with van der Waals surface area (Å²) in [7, 11) is -2.45. The second-order valence-corrected chi connectivity index (χ2v) is 13.4. The number of ether oxygens (including phenoxy) is 5. The summed E-state index contributed by atoms with van der Waals surface area (Å²) in [4.78, 5) is 13.3. The van der Waals surface area contributed by atoms with Crippen LogP contribution in [-0.4, -0.2) is 94.6 Å². The fourth-order valence-electron chi connectivity index (χ4n) is 5.91. The molecule has 0 saturated carbocycles. The summed E-state index contributed by atoms with van der Waals surface area (Å²) in [5, 5.41) is 14.3. The van der Waals surface area contributed by atoms with Crippen molar-refractivity contribution in [1.82, 2.24) is 9.62 Å². The van der Waals surface area contributed by atoms with Gasteiger partial charge in [-0.1, -0.05) is 44.2 Å². The molecule has 3 aliphatic rings. The second kappa shape index (κ2) is 13.3. The molecule has 5 rings (SSSR count). The number of nitrogens with zero attached hydrogens (tertiary/aromatic N) is 1. The smallest absolute Gasteiger partial charge is 0.407 e. The van der Waals surface area contributed by atoms with E-state index in [1.165, 1.54) is 23.5 Å². The minimum absolute atomic E-state index is 0.0111. The molecular weight excluding hydrogens is 564 g/mol. The molecule has 0 radical (unpaired) electrons. The second-order valence-electron chi connectivity index (χ2n) is 11.5. The standard InChI is InChI=1S/C30H40N2O9S/c1-19(2)14-32(42(35,36)22-11-9-21(37-3)10-12-22)15-25(33)24(13-20-7-5-4-6-8-20)31-30(34)41-27-18-39-29-28(27)23-16-38-17-26(23)40-29/h4-12,19,23-29,33H,13-18H2,1-3H3,(H,31,34). The number of amides is 1. The largest absolute Gasteiger partial charge is 0.497 e. The minimum atomic E-state index is -3.96. The van der Waals surface area contributed by atoms with E-state index in [4.69, 9.17) is 23.7 Å². The summed E-state index contributed by atoms with van der Waals surface area (Å²) in [5.41, 5.74) is 0.870. The first-order chi connectivity index (χ1) is 20.2. The third kappa shape index (κ3) is 6.90. The zero-order chi connectivity index (χ0) is 29.9. The van der Waals surface area contributed by atoms with Crippen LogP contribution in [0.1, 0.15) is 19.4 Å². The number of hydrogen-bond donors (Lipinski definition) is 2. The highest BCUT2D eigenvalue weighted by Crippen LogP contribution is 2.43. The van der Waals surface area contributed by atoms with Gasteiger partial charge in [0.1, 0.15) is 11.9 Å². The van der Waals surface area contributed by atoms with Crippen LogP contribution in [0.5, 0.6) is 5.75 Å². The predicted molar refractivity (Wildman–Crippen MR) is 152 cm³/mol. The topological polar surface area (TPSA) is 133 Å². The molecule has 3 aliphatic heterocycles. The fraction of sp³-hybridized carbons (Fsp3) is 0.567. The van der Waals surface area contributed by atoms with Gasteiger partial charge in [-0.05, 0) is 42.2 Å². The van der Waals surface area contributed by atoms with E-state index in [1.54, 1.807) is 12.1 Å². The van der Waals surface area contributed by atoms with Gasteiger partial charge in [-0.2, -0.15) is 4.31 Å². The molecule has 0 aromatic heterocycles. The van der Waals surface area contributed by atoms with Crippen molar-refractivity contribution in [2.24, 2.45) is 17.8 Å². The molecule has 2 N–H and O–H groups in total. The van der Waals surface area contributed by atoms with Crippen LogP contribution in [0.4, 0.5) is 4.79 Å². The van der Waals surface area contributed by atoms with E-state index < -0.39 is 40.7 Å². The van der Waals surface area contributed by atoms with Crippen molar-refractivity contribution in [2.75, 3.05) is 40.0 Å². The van der Waals surface area contributed by atoms with E-state index in [9.17, 15) is 18.3 Å². The average molecular weight is 605 g/mol. The maximum absolute atomic E-state index is 13.7. The summed E-state index contributed by atoms with van der Waals surface area (Å²) in [6.45, 7) is 5.00. The van der Waals surface area contributed by atoms with E-state index in [1.807, 2.05) is 44.2 Å². The lowest BCUT2D eigenvalue weighted by atomic mass is 9.89. The molecule has 0 spiro atoms. The fourth-order valence-corrected chi connectivity index (χ4v) is 7.54. The number of sulfonamides is 1. The number of carbonyl (C=O) groups is 1. The molecule has 230 valence electrons. The Balaban J connectivity index is 1.31. The Morgan fingerprint density at radius 3 is 2.50 bits per heavy atom. The van der Waals surface area contributed by atoms with Crippen molar-refractivity contribution in [3.63, 3.8) is 0 Å². The molecule has 7 atom stereocenters. The maximum atomic E-state index is 13.7. The van der Waals surface area contributed by atoms with Gasteiger partial charge in [-0.25, -0.2) is 13.2 Å². The molecule has 12 heteroatoms. The Kier molecular flexibility index (Phi) is 9.70. The number of alkyl carbamates (subject to hydrolysis) is 1. The highest BCUT2D eigenvalue weighted by atomic mass is 32.2. The van der Waals surface area contributed by atoms with Gasteiger partial charge in [0.05, 0.1) is 56.0 Å². The van der Waals surface area contributed by atoms with E-state index in [0.717, 1.165) is 5.56 Å². The number of hydrogen-bond acceptors (Lipinski definition) is 9. The lowest BCUT2D eigenvalue weighted by Gasteiger charge is -2.31. The van der Waals surface area contributed by atoms with Crippen molar-refractivity contribution in [1.29, 1.82) is 0 Å². The average Bonchev–Trinajstić information content (AvgIpc) is 3.66. The zero-order valence-corrected chi connectivity index (χ0v) is 24.9. The van der Waals surface area contributed by atoms with Crippen molar-refractivity contribution in [3.05, 3.63) is 60.2 Å². The molecule has 7 unspecified atom stereocenters. The summed E-state index contributed by atoms with van der Waals surface area (Å²) in [6, 6.07) is 14.7. The van der Waals surface area contributed by atoms with Gasteiger partial charge in [0.25, 0.3) is 0 Å². The molecule has 3 fully saturated rings. The lowest BCUT2D eigenvalue weighted by Crippen LogP contribution is -2.52. The Morgan fingerprint density at radius 2 is 1.81 bits per heavy atom. The monoisotopic (exact) mass is 604 g/mol. The summed E-state index contributed by atoms with van der Waals surface area (Å²) >= 11 is 0. The van der Waals surface area contributed by atoms with E-state index >= 15 is 0 Å². The van der Waals surface area contributed by atoms with Crippen LogP contribution in [0.25, 0.3) is 0 Å². The molecule has 3 heterocycles. The minimum Gasteiger partial charge on any atom is -0.497 e. The van der Waals surface area contributed by atoms with E-state index in [2.05, 4.69) is 5.32 Å². The molecule has 0 aliphatic carbocycles. The first-order valence-electron chi connectivity index (χ1n) is 14.3. The summed E-state index contributed by atoms with van der Waals surface area (Å²) in [5.74, 6) is 0.489. The van der Waals surface area contributed by atoms with E-state index in [0.29, 0.717) is 19.0 Å². The lowest BCUT2D eigenvalue weighted by molar-refractivity contribution is -0.123. The molecule has 2 aromatic rings. The first kappa shape index (κ1) is 30.7. The van der Waals surface area contributed by atoms with Crippen molar-refractivity contribution in [3.8, 4) is 5.75 Å². The molecule has 42 heavy (non-hydrogen) atoms. The normalized spacial score (nSPS) is 26.6. The van der Waals surface area contributed by atoms with Crippen LogP contribution >= 0.6 is 0 Å². The van der Waals surface area contributed by atoms with Gasteiger partial charge in [0.15, 0.2) is 6.29 Å². The van der Waals surface area contributed by atoms with Crippen molar-refractivity contribution >= 4 is 16.1 Å². The maximum Gasteiger partial charge on any atom is 0.407 e. The van der Waals surface area contributed by atoms with Gasteiger partial charge in [0, 0.05) is 19.0 Å². The number of aliphatic hydroxyl groups excluding tert-OH is 1. The number of benzene rings is 2. The molecule has 3 saturated heterocycles. The van der Waals surface area contributed by atoms with Crippen molar-refractivity contribution < 1.29 is 42.0 Å². The summed E-state index contributed by atoms with van der Waals surface area (Å²) < 4.78 is 56.8.